The molecule has 82 valence electrons. The number of amides is 1. The van der Waals surface area contributed by atoms with Crippen LogP contribution in [-0.4, -0.2) is 18.2 Å². The van der Waals surface area contributed by atoms with Gasteiger partial charge < -0.3 is 11.1 Å². The minimum absolute atomic E-state index is 0.0668. The Kier molecular flexibility index (Phi) is 4.42. The molecule has 3 N–H and O–H groups in total. The van der Waals surface area contributed by atoms with Gasteiger partial charge in [0.05, 0.1) is 0 Å². The van der Waals surface area contributed by atoms with Crippen LogP contribution in [0, 0.1) is 5.82 Å². The van der Waals surface area contributed by atoms with E-state index in [2.05, 4.69) is 5.32 Å². The van der Waals surface area contributed by atoms with E-state index in [1.807, 2.05) is 0 Å². The number of thioether (sulfide) groups is 1. The molecule has 0 bridgehead atoms. The first-order valence-electron chi connectivity index (χ1n) is 4.52. The van der Waals surface area contributed by atoms with Crippen LogP contribution in [0.2, 0.25) is 0 Å². The number of nitrogens with one attached hydrogen (secondary N) is 1. The van der Waals surface area contributed by atoms with Crippen LogP contribution >= 0.6 is 11.8 Å². The van der Waals surface area contributed by atoms with E-state index in [0.717, 1.165) is 0 Å². The molecule has 0 aliphatic heterocycles. The molecular formula is C10H13FN2OS. The lowest BCUT2D eigenvalue weighted by atomic mass is 10.3. The van der Waals surface area contributed by atoms with E-state index in [1.165, 1.54) is 36.9 Å². The van der Waals surface area contributed by atoms with Crippen LogP contribution in [-0.2, 0) is 4.79 Å². The van der Waals surface area contributed by atoms with Crippen molar-refractivity contribution in [2.24, 2.45) is 0 Å². The van der Waals surface area contributed by atoms with Crippen molar-refractivity contribution in [3.8, 4) is 0 Å². The van der Waals surface area contributed by atoms with Crippen LogP contribution < -0.4 is 11.1 Å². The first-order chi connectivity index (χ1) is 7.09. The fourth-order valence-electron chi connectivity index (χ4n) is 1.02. The Bertz CT molecular complexity index is 357. The van der Waals surface area contributed by atoms with Crippen LogP contribution in [0.5, 0.6) is 0 Å². The van der Waals surface area contributed by atoms with Gasteiger partial charge in [-0.15, -0.1) is 11.8 Å². The zero-order valence-corrected chi connectivity index (χ0v) is 9.23. The molecule has 15 heavy (non-hydrogen) atoms. The Labute approximate surface area is 92.2 Å². The highest BCUT2D eigenvalue weighted by molar-refractivity contribution is 7.99. The van der Waals surface area contributed by atoms with Gasteiger partial charge in [-0.2, -0.15) is 0 Å². The second kappa shape index (κ2) is 5.60. The molecule has 5 heteroatoms. The second-order valence-corrected chi connectivity index (χ2v) is 4.15. The summed E-state index contributed by atoms with van der Waals surface area (Å²) in [6.45, 7) is 2.01. The van der Waals surface area contributed by atoms with Crippen LogP contribution in [0.3, 0.4) is 0 Å². The van der Waals surface area contributed by atoms with Gasteiger partial charge in [0, 0.05) is 29.8 Å². The van der Waals surface area contributed by atoms with Crippen molar-refractivity contribution in [2.75, 3.05) is 18.0 Å². The first-order valence-corrected chi connectivity index (χ1v) is 5.50. The van der Waals surface area contributed by atoms with Crippen LogP contribution in [0.15, 0.2) is 23.1 Å². The topological polar surface area (TPSA) is 55.1 Å². The van der Waals surface area contributed by atoms with Crippen LogP contribution in [0.4, 0.5) is 10.1 Å². The first kappa shape index (κ1) is 11.8. The van der Waals surface area contributed by atoms with Crippen molar-refractivity contribution in [3.63, 3.8) is 0 Å². The smallest absolute Gasteiger partial charge is 0.216 e. The molecule has 0 unspecified atom stereocenters. The number of carbonyl (C=O) groups excluding carboxylic acids is 1. The predicted molar refractivity (Wildman–Crippen MR) is 60.2 cm³/mol. The van der Waals surface area contributed by atoms with E-state index in [-0.39, 0.29) is 11.7 Å². The lowest BCUT2D eigenvalue weighted by Gasteiger charge is -2.05. The maximum Gasteiger partial charge on any atom is 0.216 e. The van der Waals surface area contributed by atoms with E-state index < -0.39 is 0 Å². The zero-order chi connectivity index (χ0) is 11.3. The number of benzene rings is 1. The van der Waals surface area contributed by atoms with E-state index in [1.54, 1.807) is 0 Å². The van der Waals surface area contributed by atoms with Crippen molar-refractivity contribution in [3.05, 3.63) is 24.0 Å². The summed E-state index contributed by atoms with van der Waals surface area (Å²) in [7, 11) is 0. The van der Waals surface area contributed by atoms with Crippen molar-refractivity contribution in [1.82, 2.24) is 5.32 Å². The number of rotatable bonds is 4. The largest absolute Gasteiger partial charge is 0.398 e. The second-order valence-electron chi connectivity index (χ2n) is 3.01. The lowest BCUT2D eigenvalue weighted by Crippen LogP contribution is -2.22. The Morgan fingerprint density at radius 1 is 1.60 bits per heavy atom. The molecule has 1 rings (SSSR count). The Morgan fingerprint density at radius 3 is 3.00 bits per heavy atom. The molecule has 0 saturated heterocycles. The highest BCUT2D eigenvalue weighted by Crippen LogP contribution is 2.25. The molecule has 0 heterocycles. The quantitative estimate of drug-likeness (QED) is 0.468. The third-order valence-corrected chi connectivity index (χ3v) is 2.78. The summed E-state index contributed by atoms with van der Waals surface area (Å²) in [5.41, 5.74) is 6.22. The Balaban J connectivity index is 2.43. The fraction of sp³-hybridized carbons (Fsp3) is 0.300. The molecule has 0 atom stereocenters. The average Bonchev–Trinajstić information content (AvgIpc) is 2.17. The Hall–Kier alpha value is -1.23. The van der Waals surface area contributed by atoms with Gasteiger partial charge in [-0.05, 0) is 18.2 Å². The number of hydrogen-bond donors (Lipinski definition) is 2. The number of hydrogen-bond acceptors (Lipinski definition) is 3. The molecule has 0 aliphatic carbocycles. The van der Waals surface area contributed by atoms with Crippen molar-refractivity contribution in [1.29, 1.82) is 0 Å². The monoisotopic (exact) mass is 228 g/mol. The van der Waals surface area contributed by atoms with E-state index in [0.29, 0.717) is 22.9 Å². The van der Waals surface area contributed by atoms with Gasteiger partial charge in [0.25, 0.3) is 0 Å². The summed E-state index contributed by atoms with van der Waals surface area (Å²) in [5, 5.41) is 2.66. The van der Waals surface area contributed by atoms with Gasteiger partial charge in [0.2, 0.25) is 5.91 Å². The summed E-state index contributed by atoms with van der Waals surface area (Å²) in [6.07, 6.45) is 0. The number of anilines is 1. The van der Waals surface area contributed by atoms with Gasteiger partial charge in [-0.1, -0.05) is 0 Å². The minimum Gasteiger partial charge on any atom is -0.398 e. The molecule has 1 aromatic carbocycles. The normalized spacial score (nSPS) is 10.0. The third kappa shape index (κ3) is 4.20. The van der Waals surface area contributed by atoms with Gasteiger partial charge >= 0.3 is 0 Å². The molecule has 0 fully saturated rings. The van der Waals surface area contributed by atoms with E-state index in [4.69, 9.17) is 5.73 Å². The van der Waals surface area contributed by atoms with Crippen LogP contribution in [0.25, 0.3) is 0 Å². The maximum absolute atomic E-state index is 12.8. The standard InChI is InChI=1S/C10H13FN2OS/c1-7(14)13-4-5-15-10-6-8(11)2-3-9(10)12/h2-3,6H,4-5,12H2,1H3,(H,13,14). The number of carbonyl (C=O) groups is 1. The molecule has 0 saturated carbocycles. The minimum atomic E-state index is -0.300. The predicted octanol–water partition coefficient (Wildman–Crippen LogP) is 1.64. The molecule has 3 nitrogen and oxygen atoms in total. The summed E-state index contributed by atoms with van der Waals surface area (Å²) < 4.78 is 12.8. The SMILES string of the molecule is CC(=O)NCCSc1cc(F)ccc1N. The molecule has 1 amide bonds. The summed E-state index contributed by atoms with van der Waals surface area (Å²) in [6, 6.07) is 4.26. The van der Waals surface area contributed by atoms with E-state index in [9.17, 15) is 9.18 Å². The van der Waals surface area contributed by atoms with Crippen molar-refractivity contribution >= 4 is 23.4 Å². The average molecular weight is 228 g/mol. The van der Waals surface area contributed by atoms with E-state index >= 15 is 0 Å². The Morgan fingerprint density at radius 2 is 2.33 bits per heavy atom. The third-order valence-electron chi connectivity index (χ3n) is 1.71. The van der Waals surface area contributed by atoms with Crippen molar-refractivity contribution < 1.29 is 9.18 Å². The number of nitrogens with two attached hydrogens (primary N) is 1. The van der Waals surface area contributed by atoms with Gasteiger partial charge in [-0.25, -0.2) is 4.39 Å². The summed E-state index contributed by atoms with van der Waals surface area (Å²) in [5.74, 6) is 0.307. The zero-order valence-electron chi connectivity index (χ0n) is 8.42. The fourth-order valence-corrected chi connectivity index (χ4v) is 1.88. The van der Waals surface area contributed by atoms with Gasteiger partial charge in [0.15, 0.2) is 0 Å². The molecule has 1 aromatic rings. The molecule has 0 spiro atoms. The molecular weight excluding hydrogens is 215 g/mol. The highest BCUT2D eigenvalue weighted by Gasteiger charge is 2.01. The van der Waals surface area contributed by atoms with Crippen molar-refractivity contribution in [2.45, 2.75) is 11.8 Å². The number of halogens is 1. The van der Waals surface area contributed by atoms with Gasteiger partial charge in [-0.3, -0.25) is 4.79 Å². The molecule has 0 aromatic heterocycles. The maximum atomic E-state index is 12.8. The van der Waals surface area contributed by atoms with Crippen LogP contribution in [0.1, 0.15) is 6.92 Å². The summed E-state index contributed by atoms with van der Waals surface area (Å²) >= 11 is 1.42. The lowest BCUT2D eigenvalue weighted by molar-refractivity contribution is -0.118. The number of nitrogen functional groups attached to an aromatic ring is 1. The highest BCUT2D eigenvalue weighted by atomic mass is 32.2. The molecule has 0 radical (unpaired) electrons. The molecule has 0 aliphatic rings. The summed E-state index contributed by atoms with van der Waals surface area (Å²) in [4.78, 5) is 11.3. The van der Waals surface area contributed by atoms with Gasteiger partial charge in [0.1, 0.15) is 5.82 Å².